The molecule has 1 saturated heterocycles. The van der Waals surface area contributed by atoms with Crippen LogP contribution < -0.4 is 5.32 Å². The van der Waals surface area contributed by atoms with Crippen LogP contribution in [0, 0.1) is 5.92 Å². The predicted octanol–water partition coefficient (Wildman–Crippen LogP) is 2.29. The Morgan fingerprint density at radius 3 is 3.00 bits per heavy atom. The second-order valence-corrected chi connectivity index (χ2v) is 5.55. The fourth-order valence-electron chi connectivity index (χ4n) is 2.56. The maximum Gasteiger partial charge on any atom is 0.0672 e. The minimum Gasteiger partial charge on any atom is -0.376 e. The predicted molar refractivity (Wildman–Crippen MR) is 77.9 cm³/mol. The molecule has 2 atom stereocenters. The summed E-state index contributed by atoms with van der Waals surface area (Å²) in [6, 6.07) is 0.591. The van der Waals surface area contributed by atoms with E-state index in [9.17, 15) is 0 Å². The minimum atomic E-state index is 0.591. The van der Waals surface area contributed by atoms with Gasteiger partial charge in [-0.25, -0.2) is 0 Å². The highest BCUT2D eigenvalue weighted by Crippen LogP contribution is 2.19. The van der Waals surface area contributed by atoms with Gasteiger partial charge in [0.15, 0.2) is 0 Å². The quantitative estimate of drug-likeness (QED) is 0.531. The van der Waals surface area contributed by atoms with Crippen LogP contribution in [0.1, 0.15) is 33.6 Å². The van der Waals surface area contributed by atoms with Crippen molar-refractivity contribution < 1.29 is 4.74 Å². The molecule has 0 aromatic carbocycles. The monoisotopic (exact) mass is 254 g/mol. The number of rotatable bonds is 8. The van der Waals surface area contributed by atoms with Crippen molar-refractivity contribution in [2.24, 2.45) is 5.92 Å². The van der Waals surface area contributed by atoms with Crippen LogP contribution in [0.4, 0.5) is 0 Å². The average Bonchev–Trinajstić information content (AvgIpc) is 2.37. The smallest absolute Gasteiger partial charge is 0.0672 e. The first kappa shape index (κ1) is 15.7. The summed E-state index contributed by atoms with van der Waals surface area (Å²) >= 11 is 0. The Labute approximate surface area is 113 Å². The van der Waals surface area contributed by atoms with E-state index >= 15 is 0 Å². The van der Waals surface area contributed by atoms with Crippen LogP contribution in [0.25, 0.3) is 0 Å². The summed E-state index contributed by atoms with van der Waals surface area (Å²) < 4.78 is 5.50. The summed E-state index contributed by atoms with van der Waals surface area (Å²) in [4.78, 5) is 2.56. The highest BCUT2D eigenvalue weighted by Gasteiger charge is 2.23. The van der Waals surface area contributed by atoms with Gasteiger partial charge in [0.25, 0.3) is 0 Å². The molecule has 1 aliphatic rings. The number of nitrogens with zero attached hydrogens (tertiary/aromatic N) is 1. The molecule has 1 N–H and O–H groups in total. The minimum absolute atomic E-state index is 0.591. The summed E-state index contributed by atoms with van der Waals surface area (Å²) in [6.45, 7) is 16.5. The van der Waals surface area contributed by atoms with Crippen LogP contribution in [-0.2, 0) is 4.74 Å². The lowest BCUT2D eigenvalue weighted by Crippen LogP contribution is -2.45. The average molecular weight is 254 g/mol. The SMILES string of the molecule is C=C(C)COCCNC(C)C1CCCN(CC)C1. The first-order chi connectivity index (χ1) is 8.63. The van der Waals surface area contributed by atoms with E-state index < -0.39 is 0 Å². The number of nitrogens with one attached hydrogen (secondary N) is 1. The Bertz CT molecular complexity index is 243. The van der Waals surface area contributed by atoms with Crippen molar-refractivity contribution in [2.45, 2.75) is 39.7 Å². The van der Waals surface area contributed by atoms with E-state index in [0.717, 1.165) is 24.6 Å². The summed E-state index contributed by atoms with van der Waals surface area (Å²) in [5, 5.41) is 3.59. The van der Waals surface area contributed by atoms with Gasteiger partial charge in [0, 0.05) is 19.1 Å². The summed E-state index contributed by atoms with van der Waals surface area (Å²) in [7, 11) is 0. The van der Waals surface area contributed by atoms with Gasteiger partial charge in [-0.3, -0.25) is 0 Å². The molecule has 0 saturated carbocycles. The van der Waals surface area contributed by atoms with Crippen LogP contribution in [0.2, 0.25) is 0 Å². The van der Waals surface area contributed by atoms with Crippen LogP contribution >= 0.6 is 0 Å². The molecule has 0 bridgehead atoms. The Hall–Kier alpha value is -0.380. The Morgan fingerprint density at radius 2 is 2.33 bits per heavy atom. The number of hydrogen-bond donors (Lipinski definition) is 1. The molecule has 1 heterocycles. The second kappa shape index (κ2) is 8.68. The Morgan fingerprint density at radius 1 is 1.56 bits per heavy atom. The number of likely N-dealkylation sites (tertiary alicyclic amines) is 1. The highest BCUT2D eigenvalue weighted by atomic mass is 16.5. The van der Waals surface area contributed by atoms with Crippen molar-refractivity contribution in [3.63, 3.8) is 0 Å². The van der Waals surface area contributed by atoms with Gasteiger partial charge in [0.2, 0.25) is 0 Å². The molecule has 2 unspecified atom stereocenters. The van der Waals surface area contributed by atoms with Gasteiger partial charge in [-0.2, -0.15) is 0 Å². The van der Waals surface area contributed by atoms with E-state index in [2.05, 4.69) is 30.6 Å². The molecule has 106 valence electrons. The molecule has 3 nitrogen and oxygen atoms in total. The number of hydrogen-bond acceptors (Lipinski definition) is 3. The van der Waals surface area contributed by atoms with E-state index in [0.29, 0.717) is 12.6 Å². The normalized spacial score (nSPS) is 22.9. The fourth-order valence-corrected chi connectivity index (χ4v) is 2.56. The van der Waals surface area contributed by atoms with E-state index in [4.69, 9.17) is 4.74 Å². The third kappa shape index (κ3) is 5.98. The zero-order valence-electron chi connectivity index (χ0n) is 12.4. The van der Waals surface area contributed by atoms with Crippen LogP contribution in [0.5, 0.6) is 0 Å². The largest absolute Gasteiger partial charge is 0.376 e. The van der Waals surface area contributed by atoms with Gasteiger partial charge >= 0.3 is 0 Å². The van der Waals surface area contributed by atoms with Crippen molar-refractivity contribution >= 4 is 0 Å². The van der Waals surface area contributed by atoms with E-state index in [1.807, 2.05) is 6.92 Å². The first-order valence-corrected chi connectivity index (χ1v) is 7.31. The van der Waals surface area contributed by atoms with Gasteiger partial charge < -0.3 is 15.0 Å². The molecule has 0 aliphatic carbocycles. The van der Waals surface area contributed by atoms with Crippen molar-refractivity contribution in [3.8, 4) is 0 Å². The zero-order chi connectivity index (χ0) is 13.4. The first-order valence-electron chi connectivity index (χ1n) is 7.31. The van der Waals surface area contributed by atoms with Gasteiger partial charge in [-0.1, -0.05) is 19.1 Å². The van der Waals surface area contributed by atoms with Crippen LogP contribution in [0.3, 0.4) is 0 Å². The maximum atomic E-state index is 5.50. The summed E-state index contributed by atoms with van der Waals surface area (Å²) in [5.41, 5.74) is 1.09. The lowest BCUT2D eigenvalue weighted by atomic mass is 9.91. The molecule has 0 amide bonds. The van der Waals surface area contributed by atoms with E-state index in [1.165, 1.54) is 32.5 Å². The zero-order valence-corrected chi connectivity index (χ0v) is 12.4. The molecule has 0 aromatic rings. The standard InChI is InChI=1S/C15H30N2O/c1-5-17-9-6-7-15(11-17)14(4)16-8-10-18-12-13(2)3/h14-16H,2,5-12H2,1,3-4H3. The molecule has 0 aromatic heterocycles. The van der Waals surface area contributed by atoms with Crippen molar-refractivity contribution in [1.29, 1.82) is 0 Å². The van der Waals surface area contributed by atoms with Crippen molar-refractivity contribution in [2.75, 3.05) is 39.4 Å². The summed E-state index contributed by atoms with van der Waals surface area (Å²) in [6.07, 6.45) is 2.70. The lowest BCUT2D eigenvalue weighted by Gasteiger charge is -2.35. The number of ether oxygens (including phenoxy) is 1. The molecule has 1 rings (SSSR count). The van der Waals surface area contributed by atoms with E-state index in [-0.39, 0.29) is 0 Å². The molecular weight excluding hydrogens is 224 g/mol. The topological polar surface area (TPSA) is 24.5 Å². The summed E-state index contributed by atoms with van der Waals surface area (Å²) in [5.74, 6) is 0.792. The second-order valence-electron chi connectivity index (χ2n) is 5.55. The Kier molecular flexibility index (Phi) is 7.56. The third-order valence-corrected chi connectivity index (χ3v) is 3.76. The highest BCUT2D eigenvalue weighted by molar-refractivity contribution is 4.87. The van der Waals surface area contributed by atoms with Crippen LogP contribution in [-0.4, -0.2) is 50.3 Å². The fraction of sp³-hybridized carbons (Fsp3) is 0.867. The maximum absolute atomic E-state index is 5.50. The Balaban J connectivity index is 2.11. The molecule has 1 fully saturated rings. The molecule has 18 heavy (non-hydrogen) atoms. The van der Waals surface area contributed by atoms with Gasteiger partial charge in [0.05, 0.1) is 13.2 Å². The van der Waals surface area contributed by atoms with Crippen LogP contribution in [0.15, 0.2) is 12.2 Å². The van der Waals surface area contributed by atoms with E-state index in [1.54, 1.807) is 0 Å². The lowest BCUT2D eigenvalue weighted by molar-refractivity contribution is 0.135. The molecular formula is C15H30N2O. The van der Waals surface area contributed by atoms with Crippen molar-refractivity contribution in [1.82, 2.24) is 10.2 Å². The number of piperidine rings is 1. The molecule has 0 spiro atoms. The van der Waals surface area contributed by atoms with Gasteiger partial charge in [-0.05, 0) is 45.7 Å². The van der Waals surface area contributed by atoms with Gasteiger partial charge in [-0.15, -0.1) is 0 Å². The van der Waals surface area contributed by atoms with Gasteiger partial charge in [0.1, 0.15) is 0 Å². The molecule has 3 heteroatoms. The molecule has 0 radical (unpaired) electrons. The van der Waals surface area contributed by atoms with Crippen molar-refractivity contribution in [3.05, 3.63) is 12.2 Å². The third-order valence-electron chi connectivity index (χ3n) is 3.76. The molecule has 1 aliphatic heterocycles.